The van der Waals surface area contributed by atoms with E-state index < -0.39 is 23.7 Å². The summed E-state index contributed by atoms with van der Waals surface area (Å²) in [7, 11) is 0. The number of hydrogen-bond donors (Lipinski definition) is 1. The Morgan fingerprint density at radius 3 is 2.30 bits per heavy atom. The molecular weight excluding hydrogens is 294 g/mol. The topological polar surface area (TPSA) is 66.8 Å². The SMILES string of the molecule is C[C@H](C(=O)O)N(C(=O)OC(C)(C)C)c1cccc2ccccc12. The molecule has 122 valence electrons. The van der Waals surface area contributed by atoms with Gasteiger partial charge in [-0.25, -0.2) is 9.59 Å². The molecule has 5 heteroatoms. The maximum atomic E-state index is 12.6. The molecule has 0 spiro atoms. The van der Waals surface area contributed by atoms with Gasteiger partial charge in [-0.3, -0.25) is 4.90 Å². The summed E-state index contributed by atoms with van der Waals surface area (Å²) < 4.78 is 5.40. The van der Waals surface area contributed by atoms with Crippen molar-refractivity contribution < 1.29 is 19.4 Å². The molecule has 23 heavy (non-hydrogen) atoms. The lowest BCUT2D eigenvalue weighted by Gasteiger charge is -2.30. The predicted molar refractivity (Wildman–Crippen MR) is 89.8 cm³/mol. The number of nitrogens with zero attached hydrogens (tertiary/aromatic N) is 1. The molecule has 0 bridgehead atoms. The third-order valence-electron chi connectivity index (χ3n) is 3.36. The molecule has 0 heterocycles. The highest BCUT2D eigenvalue weighted by Crippen LogP contribution is 2.29. The van der Waals surface area contributed by atoms with Crippen molar-refractivity contribution in [2.45, 2.75) is 39.3 Å². The first-order chi connectivity index (χ1) is 10.7. The first-order valence-electron chi connectivity index (χ1n) is 7.43. The standard InChI is InChI=1S/C18H21NO4/c1-12(16(20)21)19(17(22)23-18(2,3)4)15-11-7-9-13-8-5-6-10-14(13)15/h5-12H,1-4H3,(H,20,21)/t12-/m1/s1. The molecule has 1 N–H and O–H groups in total. The fraction of sp³-hybridized carbons (Fsp3) is 0.333. The molecule has 0 radical (unpaired) electrons. The minimum atomic E-state index is -1.09. The minimum absolute atomic E-state index is 0.521. The lowest BCUT2D eigenvalue weighted by atomic mass is 10.1. The number of carbonyl (C=O) groups excluding carboxylic acids is 1. The molecule has 0 fully saturated rings. The highest BCUT2D eigenvalue weighted by Gasteiger charge is 2.32. The Balaban J connectivity index is 2.56. The van der Waals surface area contributed by atoms with Crippen LogP contribution in [-0.4, -0.2) is 28.8 Å². The molecule has 0 aliphatic heterocycles. The molecule has 0 aromatic heterocycles. The Bertz CT molecular complexity index is 728. The molecule has 0 aliphatic rings. The van der Waals surface area contributed by atoms with Crippen molar-refractivity contribution in [2.24, 2.45) is 0 Å². The van der Waals surface area contributed by atoms with Gasteiger partial charge in [0.05, 0.1) is 5.69 Å². The van der Waals surface area contributed by atoms with Gasteiger partial charge in [-0.2, -0.15) is 0 Å². The third-order valence-corrected chi connectivity index (χ3v) is 3.36. The Morgan fingerprint density at radius 2 is 1.70 bits per heavy atom. The average Bonchev–Trinajstić information content (AvgIpc) is 2.45. The highest BCUT2D eigenvalue weighted by atomic mass is 16.6. The van der Waals surface area contributed by atoms with Gasteiger partial charge >= 0.3 is 12.1 Å². The van der Waals surface area contributed by atoms with E-state index >= 15 is 0 Å². The van der Waals surface area contributed by atoms with Crippen LogP contribution >= 0.6 is 0 Å². The number of benzene rings is 2. The summed E-state index contributed by atoms with van der Waals surface area (Å²) >= 11 is 0. The molecular formula is C18H21NO4. The van der Waals surface area contributed by atoms with Crippen LogP contribution in [0.1, 0.15) is 27.7 Å². The van der Waals surface area contributed by atoms with E-state index in [1.807, 2.05) is 30.3 Å². The van der Waals surface area contributed by atoms with Crippen LogP contribution in [0.5, 0.6) is 0 Å². The summed E-state index contributed by atoms with van der Waals surface area (Å²) in [6.45, 7) is 6.71. The van der Waals surface area contributed by atoms with Crippen molar-refractivity contribution in [2.75, 3.05) is 4.90 Å². The third kappa shape index (κ3) is 3.80. The maximum Gasteiger partial charge on any atom is 0.415 e. The molecule has 5 nitrogen and oxygen atoms in total. The maximum absolute atomic E-state index is 12.6. The van der Waals surface area contributed by atoms with Crippen LogP contribution in [0.3, 0.4) is 0 Å². The van der Waals surface area contributed by atoms with Gasteiger partial charge in [0.1, 0.15) is 11.6 Å². The number of aliphatic carboxylic acids is 1. The largest absolute Gasteiger partial charge is 0.480 e. The Morgan fingerprint density at radius 1 is 1.09 bits per heavy atom. The number of rotatable bonds is 3. The summed E-state index contributed by atoms with van der Waals surface area (Å²) in [5.74, 6) is -1.09. The Hall–Kier alpha value is -2.56. The zero-order valence-electron chi connectivity index (χ0n) is 13.7. The minimum Gasteiger partial charge on any atom is -0.480 e. The first-order valence-corrected chi connectivity index (χ1v) is 7.43. The van der Waals surface area contributed by atoms with E-state index in [-0.39, 0.29) is 0 Å². The fourth-order valence-corrected chi connectivity index (χ4v) is 2.31. The summed E-state index contributed by atoms with van der Waals surface area (Å²) in [5, 5.41) is 11.1. The van der Waals surface area contributed by atoms with Crippen molar-refractivity contribution in [3.8, 4) is 0 Å². The average molecular weight is 315 g/mol. The quantitative estimate of drug-likeness (QED) is 0.927. The van der Waals surface area contributed by atoms with Gasteiger partial charge in [-0.15, -0.1) is 0 Å². The molecule has 0 aliphatic carbocycles. The van der Waals surface area contributed by atoms with Crippen molar-refractivity contribution >= 4 is 28.5 Å². The first kappa shape index (κ1) is 16.8. The highest BCUT2D eigenvalue weighted by molar-refractivity contribution is 6.04. The summed E-state index contributed by atoms with van der Waals surface area (Å²) in [5.41, 5.74) is -0.190. The van der Waals surface area contributed by atoms with E-state index in [1.165, 1.54) is 11.8 Å². The Labute approximate surface area is 135 Å². The predicted octanol–water partition coefficient (Wildman–Crippen LogP) is 4.05. The zero-order chi connectivity index (χ0) is 17.2. The number of carbonyl (C=O) groups is 2. The van der Waals surface area contributed by atoms with Crippen LogP contribution < -0.4 is 4.90 Å². The van der Waals surface area contributed by atoms with Gasteiger partial charge in [0.15, 0.2) is 0 Å². The zero-order valence-corrected chi connectivity index (χ0v) is 13.7. The number of amides is 1. The number of carboxylic acid groups (broad SMARTS) is 1. The second-order valence-electron chi connectivity index (χ2n) is 6.36. The normalized spacial score (nSPS) is 12.7. The van der Waals surface area contributed by atoms with Crippen LogP contribution in [0.2, 0.25) is 0 Å². The van der Waals surface area contributed by atoms with E-state index in [0.717, 1.165) is 10.8 Å². The lowest BCUT2D eigenvalue weighted by molar-refractivity contribution is -0.138. The molecule has 0 saturated heterocycles. The number of fused-ring (bicyclic) bond motifs is 1. The van der Waals surface area contributed by atoms with Gasteiger partial charge in [0, 0.05) is 5.39 Å². The molecule has 0 unspecified atom stereocenters. The lowest BCUT2D eigenvalue weighted by Crippen LogP contribution is -2.46. The van der Waals surface area contributed by atoms with Crippen molar-refractivity contribution in [3.63, 3.8) is 0 Å². The second-order valence-corrected chi connectivity index (χ2v) is 6.36. The number of carboxylic acids is 1. The molecule has 0 saturated carbocycles. The molecule has 2 aromatic rings. The fourth-order valence-electron chi connectivity index (χ4n) is 2.31. The van der Waals surface area contributed by atoms with Crippen molar-refractivity contribution in [1.82, 2.24) is 0 Å². The van der Waals surface area contributed by atoms with Crippen molar-refractivity contribution in [3.05, 3.63) is 42.5 Å². The summed E-state index contributed by atoms with van der Waals surface area (Å²) in [6, 6.07) is 11.9. The van der Waals surface area contributed by atoms with Gasteiger partial charge in [0.2, 0.25) is 0 Å². The van der Waals surface area contributed by atoms with Crippen LogP contribution in [0.4, 0.5) is 10.5 Å². The van der Waals surface area contributed by atoms with Crippen LogP contribution in [-0.2, 0) is 9.53 Å². The molecule has 2 rings (SSSR count). The van der Waals surface area contributed by atoms with Crippen LogP contribution in [0, 0.1) is 0 Å². The summed E-state index contributed by atoms with van der Waals surface area (Å²) in [4.78, 5) is 25.3. The van der Waals surface area contributed by atoms with Crippen molar-refractivity contribution in [1.29, 1.82) is 0 Å². The Kier molecular flexibility index (Phi) is 4.59. The molecule has 1 amide bonds. The van der Waals surface area contributed by atoms with Crippen LogP contribution in [0.25, 0.3) is 10.8 Å². The summed E-state index contributed by atoms with van der Waals surface area (Å²) in [6.07, 6.45) is -0.677. The van der Waals surface area contributed by atoms with E-state index in [0.29, 0.717) is 5.69 Å². The number of anilines is 1. The van der Waals surface area contributed by atoms with Crippen LogP contribution in [0.15, 0.2) is 42.5 Å². The van der Waals surface area contributed by atoms with E-state index in [9.17, 15) is 14.7 Å². The monoisotopic (exact) mass is 315 g/mol. The van der Waals surface area contributed by atoms with Gasteiger partial charge in [0.25, 0.3) is 0 Å². The number of hydrogen-bond acceptors (Lipinski definition) is 3. The van der Waals surface area contributed by atoms with Gasteiger partial charge in [-0.05, 0) is 39.1 Å². The van der Waals surface area contributed by atoms with E-state index in [4.69, 9.17) is 4.74 Å². The van der Waals surface area contributed by atoms with Gasteiger partial charge in [-0.1, -0.05) is 36.4 Å². The molecule has 2 aromatic carbocycles. The smallest absolute Gasteiger partial charge is 0.415 e. The molecule has 1 atom stereocenters. The second kappa shape index (κ2) is 6.28. The van der Waals surface area contributed by atoms with E-state index in [1.54, 1.807) is 32.9 Å². The number of ether oxygens (including phenoxy) is 1. The van der Waals surface area contributed by atoms with E-state index in [2.05, 4.69) is 0 Å². The van der Waals surface area contributed by atoms with Gasteiger partial charge < -0.3 is 9.84 Å².